The topological polar surface area (TPSA) is 17.1 Å². The lowest BCUT2D eigenvalue weighted by Crippen LogP contribution is -1.78. The summed E-state index contributed by atoms with van der Waals surface area (Å²) >= 11 is 11.1. The molecule has 48 valence electrons. The minimum atomic E-state index is 0.395. The highest BCUT2D eigenvalue weighted by Gasteiger charge is 2.12. The van der Waals surface area contributed by atoms with Gasteiger partial charge in [0.05, 0.1) is 10.1 Å². The molecule has 9 heavy (non-hydrogen) atoms. The molecular formula is C6H4Cl2O. The monoisotopic (exact) mass is 162 g/mol. The van der Waals surface area contributed by atoms with Gasteiger partial charge in [-0.1, -0.05) is 29.3 Å². The van der Waals surface area contributed by atoms with Crippen molar-refractivity contribution in [1.82, 2.24) is 0 Å². The van der Waals surface area contributed by atoms with E-state index in [4.69, 9.17) is 23.2 Å². The van der Waals surface area contributed by atoms with Crippen LogP contribution in [-0.4, -0.2) is 6.29 Å². The number of allylic oxidation sites excluding steroid dienone is 4. The number of aldehydes is 1. The Morgan fingerprint density at radius 3 is 2.44 bits per heavy atom. The van der Waals surface area contributed by atoms with Crippen LogP contribution in [-0.2, 0) is 4.79 Å². The van der Waals surface area contributed by atoms with E-state index >= 15 is 0 Å². The maximum atomic E-state index is 10.1. The largest absolute Gasteiger partial charge is 0.298 e. The summed E-state index contributed by atoms with van der Waals surface area (Å²) in [5.74, 6) is 0. The lowest BCUT2D eigenvalue weighted by atomic mass is 10.3. The second kappa shape index (κ2) is 2.54. The average molecular weight is 163 g/mol. The molecule has 0 saturated carbocycles. The Labute approximate surface area is 62.9 Å². The molecule has 0 aromatic carbocycles. The summed E-state index contributed by atoms with van der Waals surface area (Å²) < 4.78 is 0. The maximum absolute atomic E-state index is 10.1. The van der Waals surface area contributed by atoms with E-state index in [-0.39, 0.29) is 0 Å². The molecule has 0 bridgehead atoms. The molecule has 0 radical (unpaired) electrons. The van der Waals surface area contributed by atoms with Crippen molar-refractivity contribution < 1.29 is 4.79 Å². The van der Waals surface area contributed by atoms with E-state index in [1.165, 1.54) is 0 Å². The Morgan fingerprint density at radius 1 is 1.56 bits per heavy atom. The Morgan fingerprint density at radius 2 is 2.22 bits per heavy atom. The Hall–Kier alpha value is -0.270. The minimum Gasteiger partial charge on any atom is -0.298 e. The molecule has 0 aliphatic heterocycles. The van der Waals surface area contributed by atoms with Gasteiger partial charge in [-0.2, -0.15) is 0 Å². The maximum Gasteiger partial charge on any atom is 0.147 e. The standard InChI is InChI=1S/C6H4Cl2O/c7-5-2-1-4(3-9)6(5)8/h2-3H,1H2. The SMILES string of the molecule is O=CC1=C(Cl)C(Cl)=CC1. The molecule has 1 aliphatic carbocycles. The van der Waals surface area contributed by atoms with Crippen molar-refractivity contribution >= 4 is 29.5 Å². The van der Waals surface area contributed by atoms with Crippen LogP contribution in [0.2, 0.25) is 0 Å². The first-order valence-corrected chi connectivity index (χ1v) is 3.21. The zero-order chi connectivity index (χ0) is 6.85. The van der Waals surface area contributed by atoms with Crippen LogP contribution < -0.4 is 0 Å². The van der Waals surface area contributed by atoms with E-state index in [1.807, 2.05) is 0 Å². The van der Waals surface area contributed by atoms with Crippen molar-refractivity contribution in [3.63, 3.8) is 0 Å². The van der Waals surface area contributed by atoms with Gasteiger partial charge in [0, 0.05) is 5.57 Å². The zero-order valence-corrected chi connectivity index (χ0v) is 6.04. The van der Waals surface area contributed by atoms with E-state index in [9.17, 15) is 4.79 Å². The molecule has 1 rings (SSSR count). The average Bonchev–Trinajstić information content (AvgIpc) is 2.15. The van der Waals surface area contributed by atoms with Gasteiger partial charge in [-0.05, 0) is 6.42 Å². The van der Waals surface area contributed by atoms with E-state index in [2.05, 4.69) is 0 Å². The van der Waals surface area contributed by atoms with Gasteiger partial charge in [0.1, 0.15) is 6.29 Å². The lowest BCUT2D eigenvalue weighted by Gasteiger charge is -1.87. The third-order valence-electron chi connectivity index (χ3n) is 1.14. The van der Waals surface area contributed by atoms with E-state index in [0.717, 1.165) is 6.29 Å². The molecule has 0 N–H and O–H groups in total. The van der Waals surface area contributed by atoms with Crippen molar-refractivity contribution in [1.29, 1.82) is 0 Å². The summed E-state index contributed by atoms with van der Waals surface area (Å²) in [6.07, 6.45) is 3.02. The van der Waals surface area contributed by atoms with Gasteiger partial charge in [-0.25, -0.2) is 0 Å². The number of carbonyl (C=O) groups excluding carboxylic acids is 1. The fraction of sp³-hybridized carbons (Fsp3) is 0.167. The molecule has 0 heterocycles. The number of carbonyl (C=O) groups is 1. The normalized spacial score (nSPS) is 18.2. The van der Waals surface area contributed by atoms with Gasteiger partial charge >= 0.3 is 0 Å². The molecule has 0 saturated heterocycles. The van der Waals surface area contributed by atoms with Gasteiger partial charge in [0.15, 0.2) is 0 Å². The predicted octanol–water partition coefficient (Wildman–Crippen LogP) is 2.20. The fourth-order valence-electron chi connectivity index (χ4n) is 0.632. The van der Waals surface area contributed by atoms with Crippen molar-refractivity contribution in [3.05, 3.63) is 21.7 Å². The molecule has 3 heteroatoms. The Balaban J connectivity index is 2.92. The van der Waals surface area contributed by atoms with Crippen LogP contribution in [0.1, 0.15) is 6.42 Å². The minimum absolute atomic E-state index is 0.395. The van der Waals surface area contributed by atoms with Crippen LogP contribution in [0.25, 0.3) is 0 Å². The van der Waals surface area contributed by atoms with Crippen molar-refractivity contribution in [2.75, 3.05) is 0 Å². The molecular weight excluding hydrogens is 159 g/mol. The third-order valence-corrected chi connectivity index (χ3v) is 2.02. The van der Waals surface area contributed by atoms with Crippen LogP contribution in [0.4, 0.5) is 0 Å². The van der Waals surface area contributed by atoms with Gasteiger partial charge in [-0.15, -0.1) is 0 Å². The zero-order valence-electron chi connectivity index (χ0n) is 4.53. The molecule has 0 aromatic rings. The van der Waals surface area contributed by atoms with E-state index < -0.39 is 0 Å². The highest BCUT2D eigenvalue weighted by Crippen LogP contribution is 2.30. The van der Waals surface area contributed by atoms with Crippen LogP contribution in [0.3, 0.4) is 0 Å². The molecule has 0 unspecified atom stereocenters. The van der Waals surface area contributed by atoms with Crippen molar-refractivity contribution in [2.45, 2.75) is 6.42 Å². The second-order valence-corrected chi connectivity index (χ2v) is 2.50. The van der Waals surface area contributed by atoms with Crippen LogP contribution in [0, 0.1) is 0 Å². The van der Waals surface area contributed by atoms with E-state index in [1.54, 1.807) is 6.08 Å². The molecule has 0 amide bonds. The summed E-state index contributed by atoms with van der Waals surface area (Å²) in [6.45, 7) is 0. The quantitative estimate of drug-likeness (QED) is 0.541. The number of rotatable bonds is 1. The first-order chi connectivity index (χ1) is 4.25. The fourth-order valence-corrected chi connectivity index (χ4v) is 1.03. The number of halogens is 2. The summed E-state index contributed by atoms with van der Waals surface area (Å²) in [6, 6.07) is 0. The first-order valence-electron chi connectivity index (χ1n) is 2.45. The Kier molecular flexibility index (Phi) is 1.94. The third kappa shape index (κ3) is 1.17. The highest BCUT2D eigenvalue weighted by molar-refractivity contribution is 6.45. The molecule has 0 atom stereocenters. The molecule has 1 nitrogen and oxygen atoms in total. The highest BCUT2D eigenvalue weighted by atomic mass is 35.5. The van der Waals surface area contributed by atoms with Crippen LogP contribution in [0.15, 0.2) is 21.7 Å². The summed E-state index contributed by atoms with van der Waals surface area (Å²) in [5.41, 5.74) is 0.571. The molecule has 1 aliphatic rings. The second-order valence-electron chi connectivity index (χ2n) is 1.71. The van der Waals surface area contributed by atoms with E-state index in [0.29, 0.717) is 22.1 Å². The number of hydrogen-bond donors (Lipinski definition) is 0. The van der Waals surface area contributed by atoms with Crippen LogP contribution in [0.5, 0.6) is 0 Å². The van der Waals surface area contributed by atoms with Crippen molar-refractivity contribution in [2.24, 2.45) is 0 Å². The van der Waals surface area contributed by atoms with Gasteiger partial charge in [-0.3, -0.25) is 4.79 Å². The van der Waals surface area contributed by atoms with Crippen molar-refractivity contribution in [3.8, 4) is 0 Å². The predicted molar refractivity (Wildman–Crippen MR) is 37.5 cm³/mol. The summed E-state index contributed by atoms with van der Waals surface area (Å²) in [4.78, 5) is 10.1. The summed E-state index contributed by atoms with van der Waals surface area (Å²) in [5, 5.41) is 0.880. The van der Waals surface area contributed by atoms with Gasteiger partial charge < -0.3 is 0 Å². The smallest absolute Gasteiger partial charge is 0.147 e. The Bertz CT molecular complexity index is 203. The number of hydrogen-bond acceptors (Lipinski definition) is 1. The molecule has 0 fully saturated rings. The lowest BCUT2D eigenvalue weighted by molar-refractivity contribution is -0.104. The first kappa shape index (κ1) is 6.84. The van der Waals surface area contributed by atoms with Gasteiger partial charge in [0.25, 0.3) is 0 Å². The summed E-state index contributed by atoms with van der Waals surface area (Å²) in [7, 11) is 0. The van der Waals surface area contributed by atoms with Crippen LogP contribution >= 0.6 is 23.2 Å². The molecule has 0 spiro atoms. The van der Waals surface area contributed by atoms with Gasteiger partial charge in [0.2, 0.25) is 0 Å². The molecule has 0 aromatic heterocycles.